The second-order valence-electron chi connectivity index (χ2n) is 4.66. The number of rotatable bonds is 4. The molecular weight excluding hydrogens is 304 g/mol. The summed E-state index contributed by atoms with van der Waals surface area (Å²) in [6.45, 7) is 0.270. The molecule has 112 valence electrons. The SMILES string of the molecule is O=C(/C=C/c1ccccc1)OCc1cc(Cl)c2c(c1)OCO2. The standard InChI is InChI=1S/C17H13ClO4/c18-14-8-13(9-15-17(14)22-11-21-15)10-20-16(19)7-6-12-4-2-1-3-5-12/h1-9H,10-11H2/b7-6+. The van der Waals surface area contributed by atoms with Crippen molar-refractivity contribution in [1.82, 2.24) is 0 Å². The van der Waals surface area contributed by atoms with Gasteiger partial charge < -0.3 is 14.2 Å². The summed E-state index contributed by atoms with van der Waals surface area (Å²) >= 11 is 6.07. The average Bonchev–Trinajstić information content (AvgIpc) is 3.01. The van der Waals surface area contributed by atoms with Gasteiger partial charge in [-0.15, -0.1) is 0 Å². The predicted molar refractivity (Wildman–Crippen MR) is 82.8 cm³/mol. The molecule has 0 unspecified atom stereocenters. The lowest BCUT2D eigenvalue weighted by Crippen LogP contribution is -2.00. The molecule has 0 fully saturated rings. The Morgan fingerprint density at radius 3 is 2.86 bits per heavy atom. The minimum Gasteiger partial charge on any atom is -0.458 e. The van der Waals surface area contributed by atoms with Crippen molar-refractivity contribution in [3.63, 3.8) is 0 Å². The van der Waals surface area contributed by atoms with E-state index in [1.54, 1.807) is 18.2 Å². The first-order valence-electron chi connectivity index (χ1n) is 6.70. The molecule has 0 atom stereocenters. The van der Waals surface area contributed by atoms with Crippen LogP contribution in [0.25, 0.3) is 6.08 Å². The van der Waals surface area contributed by atoms with E-state index in [1.165, 1.54) is 6.08 Å². The van der Waals surface area contributed by atoms with Gasteiger partial charge in [0, 0.05) is 6.08 Å². The maximum absolute atomic E-state index is 11.7. The quantitative estimate of drug-likeness (QED) is 0.635. The number of ether oxygens (including phenoxy) is 3. The van der Waals surface area contributed by atoms with Crippen molar-refractivity contribution in [2.24, 2.45) is 0 Å². The van der Waals surface area contributed by atoms with Crippen LogP contribution in [0.3, 0.4) is 0 Å². The van der Waals surface area contributed by atoms with Crippen molar-refractivity contribution in [3.05, 3.63) is 64.7 Å². The molecule has 0 saturated heterocycles. The Morgan fingerprint density at radius 1 is 1.23 bits per heavy atom. The Kier molecular flexibility index (Phi) is 4.30. The Hall–Kier alpha value is -2.46. The van der Waals surface area contributed by atoms with Crippen LogP contribution >= 0.6 is 11.6 Å². The van der Waals surface area contributed by atoms with E-state index in [0.717, 1.165) is 11.1 Å². The Labute approximate surface area is 132 Å². The van der Waals surface area contributed by atoms with Crippen LogP contribution in [-0.4, -0.2) is 12.8 Å². The van der Waals surface area contributed by atoms with E-state index in [4.69, 9.17) is 25.8 Å². The average molecular weight is 317 g/mol. The molecule has 0 saturated carbocycles. The molecule has 2 aromatic rings. The highest BCUT2D eigenvalue weighted by Gasteiger charge is 2.18. The van der Waals surface area contributed by atoms with E-state index in [2.05, 4.69) is 0 Å². The summed E-state index contributed by atoms with van der Waals surface area (Å²) in [5.41, 5.74) is 1.68. The van der Waals surface area contributed by atoms with Crippen LogP contribution in [0.1, 0.15) is 11.1 Å². The van der Waals surface area contributed by atoms with Gasteiger partial charge in [0.25, 0.3) is 0 Å². The molecule has 4 nitrogen and oxygen atoms in total. The fraction of sp³-hybridized carbons (Fsp3) is 0.118. The maximum Gasteiger partial charge on any atom is 0.331 e. The number of hydrogen-bond acceptors (Lipinski definition) is 4. The largest absolute Gasteiger partial charge is 0.458 e. The number of halogens is 1. The lowest BCUT2D eigenvalue weighted by atomic mass is 10.2. The predicted octanol–water partition coefficient (Wildman–Crippen LogP) is 3.83. The van der Waals surface area contributed by atoms with Gasteiger partial charge in [0.15, 0.2) is 11.5 Å². The van der Waals surface area contributed by atoms with E-state index >= 15 is 0 Å². The number of benzene rings is 2. The van der Waals surface area contributed by atoms with Gasteiger partial charge in [0.2, 0.25) is 6.79 Å². The van der Waals surface area contributed by atoms with Crippen LogP contribution < -0.4 is 9.47 Å². The maximum atomic E-state index is 11.7. The summed E-state index contributed by atoms with van der Waals surface area (Å²) in [7, 11) is 0. The second kappa shape index (κ2) is 6.54. The van der Waals surface area contributed by atoms with Crippen LogP contribution in [0, 0.1) is 0 Å². The third-order valence-electron chi connectivity index (χ3n) is 3.08. The van der Waals surface area contributed by atoms with Crippen molar-refractivity contribution >= 4 is 23.6 Å². The van der Waals surface area contributed by atoms with E-state index in [0.29, 0.717) is 16.5 Å². The molecule has 0 aliphatic carbocycles. The molecule has 22 heavy (non-hydrogen) atoms. The minimum atomic E-state index is -0.419. The highest BCUT2D eigenvalue weighted by atomic mass is 35.5. The second-order valence-corrected chi connectivity index (χ2v) is 5.07. The molecule has 0 spiro atoms. The van der Waals surface area contributed by atoms with Crippen molar-refractivity contribution in [2.75, 3.05) is 6.79 Å². The molecule has 1 aliphatic heterocycles. The lowest BCUT2D eigenvalue weighted by Gasteiger charge is -2.05. The van der Waals surface area contributed by atoms with Crippen molar-refractivity contribution < 1.29 is 19.0 Å². The zero-order valence-corrected chi connectivity index (χ0v) is 12.4. The van der Waals surface area contributed by atoms with E-state index in [1.807, 2.05) is 30.3 Å². The topological polar surface area (TPSA) is 44.8 Å². The molecule has 5 heteroatoms. The summed E-state index contributed by atoms with van der Waals surface area (Å²) < 4.78 is 15.7. The van der Waals surface area contributed by atoms with E-state index < -0.39 is 5.97 Å². The van der Waals surface area contributed by atoms with Crippen LogP contribution in [0.15, 0.2) is 48.5 Å². The van der Waals surface area contributed by atoms with Gasteiger partial charge >= 0.3 is 5.97 Å². The highest BCUT2D eigenvalue weighted by Crippen LogP contribution is 2.39. The molecule has 2 aromatic carbocycles. The van der Waals surface area contributed by atoms with E-state index in [-0.39, 0.29) is 13.4 Å². The first-order valence-corrected chi connectivity index (χ1v) is 7.08. The van der Waals surface area contributed by atoms with Crippen molar-refractivity contribution in [3.8, 4) is 11.5 Å². The molecular formula is C17H13ClO4. The lowest BCUT2D eigenvalue weighted by molar-refractivity contribution is -0.138. The Bertz CT molecular complexity index is 710. The smallest absolute Gasteiger partial charge is 0.331 e. The number of fused-ring (bicyclic) bond motifs is 1. The molecule has 0 radical (unpaired) electrons. The van der Waals surface area contributed by atoms with Gasteiger partial charge in [-0.3, -0.25) is 0 Å². The van der Waals surface area contributed by atoms with Crippen LogP contribution in [0.2, 0.25) is 5.02 Å². The van der Waals surface area contributed by atoms with Crippen LogP contribution in [0.4, 0.5) is 0 Å². The fourth-order valence-electron chi connectivity index (χ4n) is 2.04. The van der Waals surface area contributed by atoms with Gasteiger partial charge in [-0.25, -0.2) is 4.79 Å². The molecule has 1 heterocycles. The molecule has 3 rings (SSSR count). The summed E-state index contributed by atoms with van der Waals surface area (Å²) in [4.78, 5) is 11.7. The Balaban J connectivity index is 1.60. The van der Waals surface area contributed by atoms with Crippen molar-refractivity contribution in [1.29, 1.82) is 0 Å². The first-order chi connectivity index (χ1) is 10.7. The van der Waals surface area contributed by atoms with E-state index in [9.17, 15) is 4.79 Å². The van der Waals surface area contributed by atoms with Gasteiger partial charge in [-0.1, -0.05) is 41.9 Å². The van der Waals surface area contributed by atoms with Crippen LogP contribution in [0.5, 0.6) is 11.5 Å². The highest BCUT2D eigenvalue weighted by molar-refractivity contribution is 6.32. The third-order valence-corrected chi connectivity index (χ3v) is 3.36. The minimum absolute atomic E-state index is 0.119. The summed E-state index contributed by atoms with van der Waals surface area (Å²) in [6, 6.07) is 13.0. The number of hydrogen-bond donors (Lipinski definition) is 0. The number of carbonyl (C=O) groups is 1. The van der Waals surface area contributed by atoms with Gasteiger partial charge in [-0.2, -0.15) is 0 Å². The fourth-order valence-corrected chi connectivity index (χ4v) is 2.32. The zero-order chi connectivity index (χ0) is 15.4. The van der Waals surface area contributed by atoms with Gasteiger partial charge in [-0.05, 0) is 29.3 Å². The summed E-state index contributed by atoms with van der Waals surface area (Å²) in [5.74, 6) is 0.678. The first kappa shape index (κ1) is 14.5. The number of carbonyl (C=O) groups excluding carboxylic acids is 1. The normalized spacial score (nSPS) is 12.6. The van der Waals surface area contributed by atoms with Gasteiger partial charge in [0.1, 0.15) is 6.61 Å². The van der Waals surface area contributed by atoms with Gasteiger partial charge in [0.05, 0.1) is 5.02 Å². The third kappa shape index (κ3) is 3.40. The Morgan fingerprint density at radius 2 is 2.05 bits per heavy atom. The molecule has 1 aliphatic rings. The summed E-state index contributed by atoms with van der Waals surface area (Å²) in [6.07, 6.45) is 3.10. The van der Waals surface area contributed by atoms with Crippen LogP contribution in [-0.2, 0) is 16.1 Å². The molecule has 0 bridgehead atoms. The summed E-state index contributed by atoms with van der Waals surface area (Å²) in [5, 5.41) is 0.445. The molecule has 0 aromatic heterocycles. The molecule has 0 amide bonds. The van der Waals surface area contributed by atoms with Crippen molar-refractivity contribution in [2.45, 2.75) is 6.61 Å². The zero-order valence-electron chi connectivity index (χ0n) is 11.6. The number of esters is 1. The molecule has 0 N–H and O–H groups in total. The monoisotopic (exact) mass is 316 g/mol.